The molecule has 0 amide bonds. The number of pyridine rings is 1. The van der Waals surface area contributed by atoms with Crippen LogP contribution in [0, 0.1) is 6.92 Å². The van der Waals surface area contributed by atoms with Crippen molar-refractivity contribution in [2.75, 3.05) is 24.2 Å². The van der Waals surface area contributed by atoms with Crippen LogP contribution < -0.4 is 4.90 Å². The van der Waals surface area contributed by atoms with E-state index in [-0.39, 0.29) is 5.92 Å². The molecule has 112 valence electrons. The Morgan fingerprint density at radius 2 is 2.14 bits per heavy atom. The minimum atomic E-state index is -3.24. The molecule has 1 aliphatic rings. The number of aryl methyl sites for hydroxylation is 1. The van der Waals surface area contributed by atoms with E-state index in [2.05, 4.69) is 20.1 Å². The van der Waals surface area contributed by atoms with Gasteiger partial charge in [0.1, 0.15) is 10.7 Å². The fourth-order valence-corrected chi connectivity index (χ4v) is 3.58. The summed E-state index contributed by atoms with van der Waals surface area (Å²) in [7, 11) is -3.24. The summed E-state index contributed by atoms with van der Waals surface area (Å²) in [6.45, 7) is 3.62. The normalized spacial score (nSPS) is 19.1. The molecule has 1 fully saturated rings. The molecule has 0 radical (unpaired) electrons. The van der Waals surface area contributed by atoms with Crippen LogP contribution in [0.5, 0.6) is 0 Å². The Bertz CT molecular complexity index is 737. The predicted molar refractivity (Wildman–Crippen MR) is 80.2 cm³/mol. The second-order valence-corrected chi connectivity index (χ2v) is 7.53. The fraction of sp³-hybridized carbons (Fsp3) is 0.429. The van der Waals surface area contributed by atoms with Gasteiger partial charge >= 0.3 is 0 Å². The molecule has 1 aliphatic heterocycles. The summed E-state index contributed by atoms with van der Waals surface area (Å²) in [4.78, 5) is 6.92. The van der Waals surface area contributed by atoms with E-state index in [1.807, 2.05) is 25.3 Å². The van der Waals surface area contributed by atoms with Crippen molar-refractivity contribution in [1.29, 1.82) is 0 Å². The number of nitrogens with one attached hydrogen (secondary N) is 1. The van der Waals surface area contributed by atoms with Gasteiger partial charge in [0.25, 0.3) is 0 Å². The number of nitrogens with zero attached hydrogens (tertiary/aromatic N) is 3. The van der Waals surface area contributed by atoms with E-state index in [9.17, 15) is 8.42 Å². The van der Waals surface area contributed by atoms with E-state index in [1.165, 1.54) is 12.5 Å². The lowest BCUT2D eigenvalue weighted by molar-refractivity contribution is 0.598. The molecule has 1 saturated heterocycles. The van der Waals surface area contributed by atoms with Gasteiger partial charge in [0, 0.05) is 31.5 Å². The van der Waals surface area contributed by atoms with E-state index < -0.39 is 9.84 Å². The molecule has 6 nitrogen and oxygen atoms in total. The summed E-state index contributed by atoms with van der Waals surface area (Å²) in [6.07, 6.45) is 5.36. The Labute approximate surface area is 124 Å². The number of hydrogen-bond donors (Lipinski definition) is 1. The van der Waals surface area contributed by atoms with Crippen LogP contribution in [-0.2, 0) is 9.84 Å². The smallest absolute Gasteiger partial charge is 0.178 e. The molecule has 21 heavy (non-hydrogen) atoms. The van der Waals surface area contributed by atoms with Crippen molar-refractivity contribution in [3.05, 3.63) is 35.8 Å². The predicted octanol–water partition coefficient (Wildman–Crippen LogP) is 1.51. The largest absolute Gasteiger partial charge is 0.356 e. The molecule has 3 rings (SSSR count). The van der Waals surface area contributed by atoms with Gasteiger partial charge in [0.15, 0.2) is 9.84 Å². The number of aromatic nitrogens is 3. The van der Waals surface area contributed by atoms with Crippen LogP contribution in [0.3, 0.4) is 0 Å². The Morgan fingerprint density at radius 3 is 2.81 bits per heavy atom. The van der Waals surface area contributed by atoms with Gasteiger partial charge in [0.2, 0.25) is 0 Å². The molecule has 3 heterocycles. The molecular weight excluding hydrogens is 288 g/mol. The maximum atomic E-state index is 11.8. The Morgan fingerprint density at radius 1 is 1.33 bits per heavy atom. The molecule has 1 atom stereocenters. The molecule has 0 spiro atoms. The maximum Gasteiger partial charge on any atom is 0.178 e. The molecule has 0 unspecified atom stereocenters. The first kappa shape index (κ1) is 14.1. The summed E-state index contributed by atoms with van der Waals surface area (Å²) in [6, 6.07) is 4.04. The molecular formula is C14H18N4O2S. The van der Waals surface area contributed by atoms with E-state index in [1.54, 1.807) is 0 Å². The van der Waals surface area contributed by atoms with E-state index in [4.69, 9.17) is 0 Å². The highest BCUT2D eigenvalue weighted by Crippen LogP contribution is 2.32. The van der Waals surface area contributed by atoms with Crippen LogP contribution in [0.1, 0.15) is 23.6 Å². The van der Waals surface area contributed by atoms with Gasteiger partial charge in [-0.3, -0.25) is 5.10 Å². The molecule has 7 heteroatoms. The van der Waals surface area contributed by atoms with Gasteiger partial charge in [-0.05, 0) is 25.0 Å². The zero-order valence-electron chi connectivity index (χ0n) is 12.1. The van der Waals surface area contributed by atoms with Gasteiger partial charge in [-0.15, -0.1) is 0 Å². The molecule has 0 aromatic carbocycles. The van der Waals surface area contributed by atoms with Crippen molar-refractivity contribution < 1.29 is 8.42 Å². The minimum absolute atomic E-state index is 0.139. The van der Waals surface area contributed by atoms with Gasteiger partial charge in [0.05, 0.1) is 11.9 Å². The number of sulfone groups is 1. The summed E-state index contributed by atoms with van der Waals surface area (Å²) >= 11 is 0. The third kappa shape index (κ3) is 2.78. The van der Waals surface area contributed by atoms with Crippen LogP contribution >= 0.6 is 0 Å². The highest BCUT2D eigenvalue weighted by Gasteiger charge is 2.30. The van der Waals surface area contributed by atoms with Gasteiger partial charge in [-0.1, -0.05) is 6.07 Å². The van der Waals surface area contributed by atoms with Crippen LogP contribution in [-0.4, -0.2) is 42.9 Å². The first-order valence-electron chi connectivity index (χ1n) is 6.86. The number of rotatable bonds is 3. The monoisotopic (exact) mass is 306 g/mol. The summed E-state index contributed by atoms with van der Waals surface area (Å²) < 4.78 is 23.5. The standard InChI is InChI=1S/C14H18N4O2S/c1-10-3-4-13(15-7-10)18-6-5-11(9-18)14-12(8-16-17-14)21(2,19)20/h3-4,7-8,11H,5-6,9H2,1-2H3,(H,16,17)/t11-/m0/s1. The zero-order chi connectivity index (χ0) is 15.0. The minimum Gasteiger partial charge on any atom is -0.356 e. The lowest BCUT2D eigenvalue weighted by Crippen LogP contribution is -2.20. The van der Waals surface area contributed by atoms with E-state index in [0.29, 0.717) is 10.6 Å². The average Bonchev–Trinajstić information content (AvgIpc) is 3.07. The molecule has 2 aromatic heterocycles. The fourth-order valence-electron chi connectivity index (χ4n) is 2.72. The van der Waals surface area contributed by atoms with Crippen molar-refractivity contribution in [2.24, 2.45) is 0 Å². The first-order valence-corrected chi connectivity index (χ1v) is 8.75. The van der Waals surface area contributed by atoms with E-state index in [0.717, 1.165) is 30.9 Å². The zero-order valence-corrected chi connectivity index (χ0v) is 12.9. The number of aromatic amines is 1. The van der Waals surface area contributed by atoms with Crippen LogP contribution in [0.15, 0.2) is 29.4 Å². The lowest BCUT2D eigenvalue weighted by atomic mass is 10.1. The Hall–Kier alpha value is -1.89. The SMILES string of the molecule is Cc1ccc(N2CC[C@H](c3[nH]ncc3S(C)(=O)=O)C2)nc1. The van der Waals surface area contributed by atoms with Gasteiger partial charge < -0.3 is 4.90 Å². The lowest BCUT2D eigenvalue weighted by Gasteiger charge is -2.17. The number of H-pyrrole nitrogens is 1. The summed E-state index contributed by atoms with van der Waals surface area (Å²) in [5.74, 6) is 1.07. The van der Waals surface area contributed by atoms with Crippen molar-refractivity contribution in [3.8, 4) is 0 Å². The van der Waals surface area contributed by atoms with Crippen molar-refractivity contribution in [1.82, 2.24) is 15.2 Å². The Kier molecular flexibility index (Phi) is 3.44. The summed E-state index contributed by atoms with van der Waals surface area (Å²) in [5.41, 5.74) is 1.84. The first-order chi connectivity index (χ1) is 9.95. The van der Waals surface area contributed by atoms with Crippen molar-refractivity contribution in [2.45, 2.75) is 24.2 Å². The maximum absolute atomic E-state index is 11.8. The van der Waals surface area contributed by atoms with Gasteiger partial charge in [-0.2, -0.15) is 5.10 Å². The van der Waals surface area contributed by atoms with Crippen LogP contribution in [0.25, 0.3) is 0 Å². The van der Waals surface area contributed by atoms with Crippen LogP contribution in [0.4, 0.5) is 5.82 Å². The molecule has 0 saturated carbocycles. The van der Waals surface area contributed by atoms with Gasteiger partial charge in [-0.25, -0.2) is 13.4 Å². The quantitative estimate of drug-likeness (QED) is 0.930. The number of anilines is 1. The molecule has 0 aliphatic carbocycles. The second kappa shape index (κ2) is 5.14. The molecule has 1 N–H and O–H groups in total. The highest BCUT2D eigenvalue weighted by molar-refractivity contribution is 7.90. The topological polar surface area (TPSA) is 79.0 Å². The van der Waals surface area contributed by atoms with E-state index >= 15 is 0 Å². The van der Waals surface area contributed by atoms with Crippen molar-refractivity contribution >= 4 is 15.7 Å². The number of hydrogen-bond acceptors (Lipinski definition) is 5. The average molecular weight is 306 g/mol. The summed E-state index contributed by atoms with van der Waals surface area (Å²) in [5, 5.41) is 6.76. The van der Waals surface area contributed by atoms with Crippen molar-refractivity contribution in [3.63, 3.8) is 0 Å². The third-order valence-electron chi connectivity index (χ3n) is 3.85. The highest BCUT2D eigenvalue weighted by atomic mass is 32.2. The second-order valence-electron chi connectivity index (χ2n) is 5.55. The third-order valence-corrected chi connectivity index (χ3v) is 4.97. The molecule has 0 bridgehead atoms. The van der Waals surface area contributed by atoms with Crippen LogP contribution in [0.2, 0.25) is 0 Å². The molecule has 2 aromatic rings. The Balaban J connectivity index is 1.82.